The van der Waals surface area contributed by atoms with Crippen molar-refractivity contribution in [2.75, 3.05) is 6.61 Å². The minimum atomic E-state index is -0.709. The zero-order chi connectivity index (χ0) is 24.3. The summed E-state index contributed by atoms with van der Waals surface area (Å²) in [5, 5.41) is 9.09. The number of esters is 1. The summed E-state index contributed by atoms with van der Waals surface area (Å²) in [6, 6.07) is 10.5. The zero-order valence-corrected chi connectivity index (χ0v) is 20.5. The maximum absolute atomic E-state index is 14.9. The second-order valence-electron chi connectivity index (χ2n) is 7.62. The van der Waals surface area contributed by atoms with E-state index in [1.165, 1.54) is 18.2 Å². The third-order valence-corrected chi connectivity index (χ3v) is 6.04. The molecule has 0 aliphatic carbocycles. The number of carbonyl (C=O) groups is 1. The van der Waals surface area contributed by atoms with Crippen LogP contribution in [0.4, 0.5) is 8.78 Å². The van der Waals surface area contributed by atoms with Gasteiger partial charge in [-0.3, -0.25) is 0 Å². The van der Waals surface area contributed by atoms with E-state index in [4.69, 9.17) is 21.6 Å². The van der Waals surface area contributed by atoms with Gasteiger partial charge < -0.3 is 9.30 Å². The number of nitrogens with zero attached hydrogens (tertiary/aromatic N) is 3. The van der Waals surface area contributed by atoms with Gasteiger partial charge in [0.1, 0.15) is 17.7 Å². The smallest absolute Gasteiger partial charge is 0.358 e. The number of rotatable bonds is 7. The molecule has 0 saturated heterocycles. The van der Waals surface area contributed by atoms with Crippen molar-refractivity contribution in [2.24, 2.45) is 0 Å². The molecule has 1 unspecified atom stereocenters. The molecule has 0 radical (unpaired) electrons. The van der Waals surface area contributed by atoms with E-state index in [1.54, 1.807) is 35.8 Å². The first-order valence-corrected chi connectivity index (χ1v) is 11.4. The molecular formula is C24H21BrClF2N3O2. The number of ether oxygens (including phenoxy) is 1. The number of halogens is 4. The van der Waals surface area contributed by atoms with Crippen LogP contribution in [0.25, 0.3) is 0 Å². The van der Waals surface area contributed by atoms with Crippen molar-refractivity contribution in [3.8, 4) is 6.07 Å². The predicted molar refractivity (Wildman–Crippen MR) is 124 cm³/mol. The van der Waals surface area contributed by atoms with Crippen LogP contribution >= 0.6 is 27.5 Å². The topological polar surface area (TPSA) is 67.9 Å². The third kappa shape index (κ3) is 5.10. The first-order valence-electron chi connectivity index (χ1n) is 10.3. The number of aromatic nitrogens is 2. The van der Waals surface area contributed by atoms with Crippen LogP contribution in [0.15, 0.2) is 41.1 Å². The van der Waals surface area contributed by atoms with Crippen molar-refractivity contribution in [1.29, 1.82) is 5.26 Å². The van der Waals surface area contributed by atoms with Crippen LogP contribution in [-0.2, 0) is 11.2 Å². The molecule has 5 nitrogen and oxygen atoms in total. The average molecular weight is 537 g/mol. The molecule has 0 aliphatic heterocycles. The molecule has 0 fully saturated rings. The number of nitriles is 1. The minimum absolute atomic E-state index is 0.0403. The lowest BCUT2D eigenvalue weighted by Crippen LogP contribution is -2.19. The highest BCUT2D eigenvalue weighted by atomic mass is 79.9. The molecule has 0 aliphatic rings. The fraction of sp³-hybridized carbons (Fsp3) is 0.292. The number of hydrogen-bond acceptors (Lipinski definition) is 4. The number of hydrogen-bond donors (Lipinski definition) is 0. The van der Waals surface area contributed by atoms with E-state index in [-0.39, 0.29) is 35.3 Å². The summed E-state index contributed by atoms with van der Waals surface area (Å²) in [4.78, 5) is 17.2. The molecule has 33 heavy (non-hydrogen) atoms. The summed E-state index contributed by atoms with van der Waals surface area (Å²) in [5.74, 6) is -2.64. The normalized spacial score (nSPS) is 12.0. The highest BCUT2D eigenvalue weighted by molar-refractivity contribution is 9.10. The van der Waals surface area contributed by atoms with Crippen LogP contribution in [-0.4, -0.2) is 22.1 Å². The Morgan fingerprint density at radius 2 is 2.03 bits per heavy atom. The Morgan fingerprint density at radius 3 is 2.64 bits per heavy atom. The van der Waals surface area contributed by atoms with Gasteiger partial charge in [0.25, 0.3) is 0 Å². The van der Waals surface area contributed by atoms with E-state index in [9.17, 15) is 13.6 Å². The molecule has 0 saturated carbocycles. The van der Waals surface area contributed by atoms with Gasteiger partial charge in [0.15, 0.2) is 10.4 Å². The van der Waals surface area contributed by atoms with Gasteiger partial charge in [-0.15, -0.1) is 0 Å². The molecule has 0 bridgehead atoms. The van der Waals surface area contributed by atoms with Crippen LogP contribution in [0.5, 0.6) is 0 Å². The van der Waals surface area contributed by atoms with Gasteiger partial charge >= 0.3 is 5.97 Å². The van der Waals surface area contributed by atoms with Gasteiger partial charge in [-0.2, -0.15) is 5.26 Å². The molecule has 3 aromatic rings. The van der Waals surface area contributed by atoms with E-state index in [1.807, 2.05) is 13.8 Å². The first-order chi connectivity index (χ1) is 15.7. The molecule has 2 aromatic carbocycles. The van der Waals surface area contributed by atoms with Crippen molar-refractivity contribution in [3.05, 3.63) is 85.9 Å². The molecule has 0 N–H and O–H groups in total. The van der Waals surface area contributed by atoms with Crippen molar-refractivity contribution < 1.29 is 18.3 Å². The fourth-order valence-electron chi connectivity index (χ4n) is 3.73. The Morgan fingerprint density at radius 1 is 1.30 bits per heavy atom. The molecule has 1 atom stereocenters. The van der Waals surface area contributed by atoms with Crippen molar-refractivity contribution in [3.63, 3.8) is 0 Å². The Hall–Kier alpha value is -2.76. The second-order valence-corrected chi connectivity index (χ2v) is 8.74. The number of benzene rings is 2. The third-order valence-electron chi connectivity index (χ3n) is 5.19. The quantitative estimate of drug-likeness (QED) is 0.320. The van der Waals surface area contributed by atoms with Crippen LogP contribution in [0, 0.1) is 23.0 Å². The molecule has 3 rings (SSSR count). The van der Waals surface area contributed by atoms with Gasteiger partial charge in [0.2, 0.25) is 0 Å². The predicted octanol–water partition coefficient (Wildman–Crippen LogP) is 6.58. The lowest BCUT2D eigenvalue weighted by Gasteiger charge is -2.24. The lowest BCUT2D eigenvalue weighted by atomic mass is 9.87. The van der Waals surface area contributed by atoms with Crippen molar-refractivity contribution >= 4 is 33.5 Å². The van der Waals surface area contributed by atoms with Crippen LogP contribution in [0.3, 0.4) is 0 Å². The fourth-order valence-corrected chi connectivity index (χ4v) is 4.70. The molecular weight excluding hydrogens is 516 g/mol. The highest BCUT2D eigenvalue weighted by Gasteiger charge is 2.32. The summed E-state index contributed by atoms with van der Waals surface area (Å²) in [6.07, 6.45) is 0.0645. The summed E-state index contributed by atoms with van der Waals surface area (Å²) >= 11 is 9.40. The Balaban J connectivity index is 2.30. The molecule has 0 spiro atoms. The van der Waals surface area contributed by atoms with Crippen molar-refractivity contribution in [1.82, 2.24) is 9.55 Å². The van der Waals surface area contributed by atoms with Gasteiger partial charge in [-0.05, 0) is 72.4 Å². The van der Waals surface area contributed by atoms with Crippen LogP contribution < -0.4 is 0 Å². The van der Waals surface area contributed by atoms with Gasteiger partial charge in [0.05, 0.1) is 22.9 Å². The molecule has 1 aromatic heterocycles. The van der Waals surface area contributed by atoms with E-state index in [0.717, 1.165) is 0 Å². The Labute approximate surface area is 204 Å². The lowest BCUT2D eigenvalue weighted by molar-refractivity contribution is 0.0518. The zero-order valence-electron chi connectivity index (χ0n) is 18.2. The SMILES string of the molecule is CCOC(=O)c1nc(Br)n(C(C)C)c1C(Cc1cccc(Cl)c1F)c1ccc(C#N)c(F)c1. The van der Waals surface area contributed by atoms with E-state index in [0.29, 0.717) is 21.6 Å². The summed E-state index contributed by atoms with van der Waals surface area (Å²) in [6.45, 7) is 5.63. The van der Waals surface area contributed by atoms with E-state index >= 15 is 0 Å². The number of carbonyl (C=O) groups excluding carboxylic acids is 1. The number of imidazole rings is 1. The maximum atomic E-state index is 14.9. The standard InChI is InChI=1S/C24H21BrClF2N3O2/c1-4-33-23(32)21-22(31(13(2)3)24(25)30-21)17(10-15-6-5-7-18(26)20(15)28)14-8-9-16(12-29)19(27)11-14/h5-9,11,13,17H,4,10H2,1-3H3. The van der Waals surface area contributed by atoms with Crippen LogP contribution in [0.2, 0.25) is 5.02 Å². The summed E-state index contributed by atoms with van der Waals surface area (Å²) < 4.78 is 36.9. The van der Waals surface area contributed by atoms with E-state index < -0.39 is 23.5 Å². The van der Waals surface area contributed by atoms with Gasteiger partial charge in [-0.1, -0.05) is 29.8 Å². The molecule has 1 heterocycles. The van der Waals surface area contributed by atoms with Crippen LogP contribution in [0.1, 0.15) is 65.6 Å². The second kappa shape index (κ2) is 10.4. The minimum Gasteiger partial charge on any atom is -0.461 e. The maximum Gasteiger partial charge on any atom is 0.358 e. The van der Waals surface area contributed by atoms with Crippen molar-refractivity contribution in [2.45, 2.75) is 39.2 Å². The van der Waals surface area contributed by atoms with Gasteiger partial charge in [0, 0.05) is 12.0 Å². The Kier molecular flexibility index (Phi) is 7.88. The molecule has 9 heteroatoms. The highest BCUT2D eigenvalue weighted by Crippen LogP contribution is 2.37. The van der Waals surface area contributed by atoms with Gasteiger partial charge in [-0.25, -0.2) is 18.6 Å². The first kappa shape index (κ1) is 24.9. The summed E-state index contributed by atoms with van der Waals surface area (Å²) in [7, 11) is 0. The summed E-state index contributed by atoms with van der Waals surface area (Å²) in [5.41, 5.74) is 1.12. The monoisotopic (exact) mass is 535 g/mol. The van der Waals surface area contributed by atoms with E-state index in [2.05, 4.69) is 20.9 Å². The average Bonchev–Trinajstić information content (AvgIpc) is 3.12. The Bertz CT molecular complexity index is 1240. The molecule has 172 valence electrons. The largest absolute Gasteiger partial charge is 0.461 e. The molecule has 0 amide bonds.